The summed E-state index contributed by atoms with van der Waals surface area (Å²) in [5.41, 5.74) is 7.31. The van der Waals surface area contributed by atoms with Crippen LogP contribution in [0, 0.1) is 5.82 Å². The predicted octanol–water partition coefficient (Wildman–Crippen LogP) is 5.14. The third-order valence-electron chi connectivity index (χ3n) is 2.86. The molecule has 0 aliphatic carbocycles. The van der Waals surface area contributed by atoms with Gasteiger partial charge in [-0.3, -0.25) is 0 Å². The minimum absolute atomic E-state index is 0.0482. The van der Waals surface area contributed by atoms with Crippen LogP contribution < -0.4 is 5.73 Å². The van der Waals surface area contributed by atoms with Crippen molar-refractivity contribution >= 4 is 39.1 Å². The molecule has 0 aliphatic rings. The molecular formula is C14H11BrCl2FN. The van der Waals surface area contributed by atoms with Crippen molar-refractivity contribution in [3.63, 3.8) is 0 Å². The first-order valence-electron chi connectivity index (χ1n) is 5.63. The molecule has 0 bridgehead atoms. The molecular weight excluding hydrogens is 352 g/mol. The second-order valence-corrected chi connectivity index (χ2v) is 5.81. The fraction of sp³-hybridized carbons (Fsp3) is 0.143. The van der Waals surface area contributed by atoms with Crippen LogP contribution in [0.2, 0.25) is 10.0 Å². The van der Waals surface area contributed by atoms with Gasteiger partial charge < -0.3 is 5.73 Å². The molecule has 0 saturated heterocycles. The lowest BCUT2D eigenvalue weighted by molar-refractivity contribution is 0.580. The van der Waals surface area contributed by atoms with Crippen molar-refractivity contribution in [2.24, 2.45) is 5.73 Å². The Morgan fingerprint density at radius 1 is 1.16 bits per heavy atom. The maximum absolute atomic E-state index is 14.0. The SMILES string of the molecule is NC(Cc1ccccc1Cl)c1ccc(Br)c(Cl)c1F. The molecule has 0 heterocycles. The number of rotatable bonds is 3. The lowest BCUT2D eigenvalue weighted by Gasteiger charge is -2.15. The van der Waals surface area contributed by atoms with E-state index in [2.05, 4.69) is 15.9 Å². The van der Waals surface area contributed by atoms with Crippen LogP contribution in [0.3, 0.4) is 0 Å². The van der Waals surface area contributed by atoms with Crippen LogP contribution in [0.1, 0.15) is 17.2 Å². The van der Waals surface area contributed by atoms with Gasteiger partial charge in [0.05, 0.1) is 5.02 Å². The van der Waals surface area contributed by atoms with Crippen molar-refractivity contribution in [2.75, 3.05) is 0 Å². The van der Waals surface area contributed by atoms with Crippen LogP contribution in [0.15, 0.2) is 40.9 Å². The molecule has 0 aliphatic heterocycles. The van der Waals surface area contributed by atoms with Crippen molar-refractivity contribution in [1.29, 1.82) is 0 Å². The van der Waals surface area contributed by atoms with E-state index in [-0.39, 0.29) is 5.02 Å². The maximum atomic E-state index is 14.0. The highest BCUT2D eigenvalue weighted by molar-refractivity contribution is 9.10. The highest BCUT2D eigenvalue weighted by atomic mass is 79.9. The smallest absolute Gasteiger partial charge is 0.147 e. The van der Waals surface area contributed by atoms with Gasteiger partial charge in [0, 0.05) is 21.1 Å². The summed E-state index contributed by atoms with van der Waals surface area (Å²) in [6, 6.07) is 10.2. The topological polar surface area (TPSA) is 26.0 Å². The van der Waals surface area contributed by atoms with E-state index in [1.165, 1.54) is 0 Å². The van der Waals surface area contributed by atoms with Crippen molar-refractivity contribution in [1.82, 2.24) is 0 Å². The molecule has 2 aromatic rings. The molecule has 1 nitrogen and oxygen atoms in total. The van der Waals surface area contributed by atoms with E-state index in [0.29, 0.717) is 21.5 Å². The summed E-state index contributed by atoms with van der Waals surface area (Å²) in [7, 11) is 0. The Labute approximate surface area is 129 Å². The van der Waals surface area contributed by atoms with Crippen LogP contribution in [0.5, 0.6) is 0 Å². The summed E-state index contributed by atoms with van der Waals surface area (Å²) in [5, 5.41) is 0.675. The van der Waals surface area contributed by atoms with E-state index in [4.69, 9.17) is 28.9 Å². The number of hydrogen-bond acceptors (Lipinski definition) is 1. The van der Waals surface area contributed by atoms with Gasteiger partial charge in [-0.1, -0.05) is 47.5 Å². The van der Waals surface area contributed by atoms with Gasteiger partial charge in [-0.2, -0.15) is 0 Å². The highest BCUT2D eigenvalue weighted by Gasteiger charge is 2.17. The predicted molar refractivity (Wildman–Crippen MR) is 81.2 cm³/mol. The summed E-state index contributed by atoms with van der Waals surface area (Å²) in [4.78, 5) is 0. The molecule has 0 amide bonds. The monoisotopic (exact) mass is 361 g/mol. The van der Waals surface area contributed by atoms with Gasteiger partial charge in [-0.05, 0) is 40.0 Å². The molecule has 5 heteroatoms. The van der Waals surface area contributed by atoms with Crippen LogP contribution in [-0.2, 0) is 6.42 Å². The molecule has 1 atom stereocenters. The average Bonchev–Trinajstić information content (AvgIpc) is 2.39. The molecule has 0 fully saturated rings. The van der Waals surface area contributed by atoms with E-state index in [9.17, 15) is 4.39 Å². The third kappa shape index (κ3) is 3.29. The number of benzene rings is 2. The first-order chi connectivity index (χ1) is 9.00. The Hall–Kier alpha value is -0.610. The van der Waals surface area contributed by atoms with Crippen LogP contribution in [-0.4, -0.2) is 0 Å². The molecule has 0 spiro atoms. The van der Waals surface area contributed by atoms with Crippen molar-refractivity contribution < 1.29 is 4.39 Å². The third-order valence-corrected chi connectivity index (χ3v) is 4.49. The van der Waals surface area contributed by atoms with Crippen LogP contribution in [0.25, 0.3) is 0 Å². The minimum Gasteiger partial charge on any atom is -0.324 e. The van der Waals surface area contributed by atoms with E-state index < -0.39 is 11.9 Å². The molecule has 100 valence electrons. The van der Waals surface area contributed by atoms with Crippen molar-refractivity contribution in [3.8, 4) is 0 Å². The summed E-state index contributed by atoms with van der Waals surface area (Å²) in [6.45, 7) is 0. The molecule has 0 saturated carbocycles. The Bertz CT molecular complexity index is 604. The van der Waals surface area contributed by atoms with E-state index in [1.54, 1.807) is 18.2 Å². The fourth-order valence-corrected chi connectivity index (χ4v) is 2.53. The first-order valence-corrected chi connectivity index (χ1v) is 7.18. The molecule has 19 heavy (non-hydrogen) atoms. The van der Waals surface area contributed by atoms with Gasteiger partial charge in [0.15, 0.2) is 0 Å². The molecule has 2 rings (SSSR count). The average molecular weight is 363 g/mol. The maximum Gasteiger partial charge on any atom is 0.147 e. The number of nitrogens with two attached hydrogens (primary N) is 1. The zero-order valence-electron chi connectivity index (χ0n) is 9.84. The second-order valence-electron chi connectivity index (χ2n) is 4.17. The van der Waals surface area contributed by atoms with E-state index >= 15 is 0 Å². The Morgan fingerprint density at radius 2 is 1.84 bits per heavy atom. The normalized spacial score (nSPS) is 12.5. The number of halogens is 4. The standard InChI is InChI=1S/C14H11BrCl2FN/c15-10-6-5-9(14(18)13(10)17)12(19)7-8-3-1-2-4-11(8)16/h1-6,12H,7,19H2. The van der Waals surface area contributed by atoms with Gasteiger partial charge in [-0.15, -0.1) is 0 Å². The van der Waals surface area contributed by atoms with Crippen LogP contribution >= 0.6 is 39.1 Å². The minimum atomic E-state index is -0.495. The summed E-state index contributed by atoms with van der Waals surface area (Å²) < 4.78 is 14.6. The molecule has 0 radical (unpaired) electrons. The quantitative estimate of drug-likeness (QED) is 0.752. The zero-order valence-corrected chi connectivity index (χ0v) is 12.9. The van der Waals surface area contributed by atoms with Gasteiger partial charge in [0.2, 0.25) is 0 Å². The van der Waals surface area contributed by atoms with E-state index in [1.807, 2.05) is 18.2 Å². The van der Waals surface area contributed by atoms with Gasteiger partial charge in [0.1, 0.15) is 5.82 Å². The molecule has 0 aromatic heterocycles. The second kappa shape index (κ2) is 6.23. The molecule has 1 unspecified atom stereocenters. The van der Waals surface area contributed by atoms with Gasteiger partial charge >= 0.3 is 0 Å². The van der Waals surface area contributed by atoms with E-state index in [0.717, 1.165) is 5.56 Å². The first kappa shape index (κ1) is 14.8. The summed E-state index contributed by atoms with van der Waals surface area (Å²) in [5.74, 6) is -0.490. The Morgan fingerprint density at radius 3 is 2.53 bits per heavy atom. The lowest BCUT2D eigenvalue weighted by Crippen LogP contribution is -2.15. The molecule has 2 aromatic carbocycles. The Balaban J connectivity index is 2.28. The van der Waals surface area contributed by atoms with Gasteiger partial charge in [-0.25, -0.2) is 4.39 Å². The number of hydrogen-bond donors (Lipinski definition) is 1. The van der Waals surface area contributed by atoms with Crippen molar-refractivity contribution in [2.45, 2.75) is 12.5 Å². The molecule has 2 N–H and O–H groups in total. The zero-order chi connectivity index (χ0) is 14.0. The Kier molecular flexibility index (Phi) is 4.85. The van der Waals surface area contributed by atoms with Gasteiger partial charge in [0.25, 0.3) is 0 Å². The summed E-state index contributed by atoms with van der Waals surface area (Å²) in [6.07, 6.45) is 0.453. The van der Waals surface area contributed by atoms with Crippen LogP contribution in [0.4, 0.5) is 4.39 Å². The largest absolute Gasteiger partial charge is 0.324 e. The highest BCUT2D eigenvalue weighted by Crippen LogP contribution is 2.31. The fourth-order valence-electron chi connectivity index (χ4n) is 1.84. The van der Waals surface area contributed by atoms with Crippen molar-refractivity contribution in [3.05, 3.63) is 67.9 Å². The summed E-state index contributed by atoms with van der Waals surface area (Å²) >= 11 is 15.1. The lowest BCUT2D eigenvalue weighted by atomic mass is 9.99.